The van der Waals surface area contributed by atoms with Gasteiger partial charge in [-0.1, -0.05) is 24.3 Å². The first-order valence-electron chi connectivity index (χ1n) is 5.81. The highest BCUT2D eigenvalue weighted by Gasteiger charge is 2.13. The highest BCUT2D eigenvalue weighted by atomic mass is 79.9. The van der Waals surface area contributed by atoms with Crippen molar-refractivity contribution < 1.29 is 26.7 Å². The maximum Gasteiger partial charge on any atom is 0.213 e. The van der Waals surface area contributed by atoms with Crippen LogP contribution in [0.2, 0.25) is 0 Å². The number of fused-ring (bicyclic) bond motifs is 2. The molecule has 0 bridgehead atoms. The third-order valence-corrected chi connectivity index (χ3v) is 3.09. The molecule has 1 N–H and O–H groups in total. The minimum Gasteiger partial charge on any atom is -1.00 e. The van der Waals surface area contributed by atoms with E-state index in [1.807, 2.05) is 24.3 Å². The van der Waals surface area contributed by atoms with Crippen LogP contribution in [-0.4, -0.2) is 11.7 Å². The van der Waals surface area contributed by atoms with Crippen LogP contribution >= 0.6 is 0 Å². The van der Waals surface area contributed by atoms with Crippen LogP contribution in [0.25, 0.3) is 21.8 Å². The Morgan fingerprint density at radius 3 is 1.83 bits per heavy atom. The number of rotatable bonds is 2. The second-order valence-corrected chi connectivity index (χ2v) is 4.14. The summed E-state index contributed by atoms with van der Waals surface area (Å²) in [5.74, 6) is 0. The van der Waals surface area contributed by atoms with Gasteiger partial charge in [-0.3, -0.25) is 0 Å². The van der Waals surface area contributed by atoms with Crippen LogP contribution in [0.3, 0.4) is 0 Å². The van der Waals surface area contributed by atoms with E-state index in [-0.39, 0.29) is 23.6 Å². The minimum atomic E-state index is 0. The summed E-state index contributed by atoms with van der Waals surface area (Å²) in [5, 5.41) is 11.6. The number of nitrogens with zero attached hydrogens (tertiary/aromatic N) is 1. The zero-order valence-corrected chi connectivity index (χ0v) is 11.5. The summed E-state index contributed by atoms with van der Waals surface area (Å²) in [6, 6.07) is 18.7. The molecule has 1 aromatic heterocycles. The van der Waals surface area contributed by atoms with Crippen molar-refractivity contribution in [3.8, 4) is 0 Å². The lowest BCUT2D eigenvalue weighted by molar-refractivity contribution is -0.646. The van der Waals surface area contributed by atoms with E-state index in [0.29, 0.717) is 6.54 Å². The van der Waals surface area contributed by atoms with Crippen LogP contribution in [0.15, 0.2) is 54.6 Å². The topological polar surface area (TPSA) is 24.1 Å². The van der Waals surface area contributed by atoms with Gasteiger partial charge in [-0.25, -0.2) is 0 Å². The lowest BCUT2D eigenvalue weighted by atomic mass is 10.1. The molecule has 3 aromatic rings. The Bertz CT molecular complexity index is 627. The lowest BCUT2D eigenvalue weighted by Gasteiger charge is -2.04. The predicted molar refractivity (Wildman–Crippen MR) is 68.7 cm³/mol. The molecule has 0 atom stereocenters. The van der Waals surface area contributed by atoms with Gasteiger partial charge in [0.2, 0.25) is 11.0 Å². The Balaban J connectivity index is 0.00000120. The number of aromatic nitrogens is 1. The van der Waals surface area contributed by atoms with E-state index >= 15 is 0 Å². The highest BCUT2D eigenvalue weighted by Crippen LogP contribution is 2.17. The van der Waals surface area contributed by atoms with Crippen LogP contribution in [0.1, 0.15) is 0 Å². The van der Waals surface area contributed by atoms with Gasteiger partial charge in [0.15, 0.2) is 6.54 Å². The SMILES string of the molecule is OCC[n+]1c2ccccc2cc2ccccc21.[Br-]. The number of para-hydroxylation sites is 2. The van der Waals surface area contributed by atoms with Gasteiger partial charge in [0.1, 0.15) is 6.61 Å². The summed E-state index contributed by atoms with van der Waals surface area (Å²) >= 11 is 0. The van der Waals surface area contributed by atoms with Crippen molar-refractivity contribution in [3.05, 3.63) is 54.6 Å². The van der Waals surface area contributed by atoms with E-state index in [9.17, 15) is 5.11 Å². The Kier molecular flexibility index (Phi) is 3.94. The number of pyridine rings is 1. The van der Waals surface area contributed by atoms with Gasteiger partial charge >= 0.3 is 0 Å². The molecule has 0 aliphatic carbocycles. The summed E-state index contributed by atoms with van der Waals surface area (Å²) in [5.41, 5.74) is 2.33. The van der Waals surface area contributed by atoms with Crippen LogP contribution in [-0.2, 0) is 6.54 Å². The number of hydrogen-bond donors (Lipinski definition) is 1. The van der Waals surface area contributed by atoms with Gasteiger partial charge in [0.25, 0.3) is 0 Å². The molecule has 0 amide bonds. The molecular weight excluding hydrogens is 290 g/mol. The molecule has 0 spiro atoms. The molecule has 0 aliphatic heterocycles. The average molecular weight is 304 g/mol. The molecule has 0 saturated carbocycles. The number of halogens is 1. The summed E-state index contributed by atoms with van der Waals surface area (Å²) in [6.45, 7) is 0.782. The Labute approximate surface area is 116 Å². The number of hydrogen-bond acceptors (Lipinski definition) is 1. The third-order valence-electron chi connectivity index (χ3n) is 3.09. The van der Waals surface area contributed by atoms with Crippen molar-refractivity contribution in [3.63, 3.8) is 0 Å². The molecule has 0 aliphatic rings. The standard InChI is InChI=1S/C15H14NO.BrH/c17-10-9-16-14-7-3-1-5-12(14)11-13-6-2-4-8-15(13)16;/h1-8,11,17H,9-10H2;1H/q+1;/p-1. The van der Waals surface area contributed by atoms with Gasteiger partial charge in [0, 0.05) is 22.9 Å². The first kappa shape index (κ1) is 13.0. The number of aliphatic hydroxyl groups excluding tert-OH is 1. The van der Waals surface area contributed by atoms with Crippen molar-refractivity contribution in [1.29, 1.82) is 0 Å². The molecule has 0 unspecified atom stereocenters. The van der Waals surface area contributed by atoms with E-state index in [1.165, 1.54) is 21.8 Å². The monoisotopic (exact) mass is 303 g/mol. The molecule has 0 saturated heterocycles. The molecule has 2 nitrogen and oxygen atoms in total. The molecule has 3 rings (SSSR count). The van der Waals surface area contributed by atoms with Gasteiger partial charge in [-0.05, 0) is 18.2 Å². The van der Waals surface area contributed by atoms with Crippen molar-refractivity contribution in [2.24, 2.45) is 0 Å². The fourth-order valence-electron chi connectivity index (χ4n) is 2.35. The predicted octanol–water partition coefficient (Wildman–Crippen LogP) is -0.723. The minimum absolute atomic E-state index is 0. The van der Waals surface area contributed by atoms with Crippen LogP contribution in [0, 0.1) is 0 Å². The van der Waals surface area contributed by atoms with Gasteiger partial charge in [0.05, 0.1) is 0 Å². The molecular formula is C15H14BrNO. The quantitative estimate of drug-likeness (QED) is 0.490. The molecule has 18 heavy (non-hydrogen) atoms. The normalized spacial score (nSPS) is 10.5. The molecule has 0 radical (unpaired) electrons. The summed E-state index contributed by atoms with van der Waals surface area (Å²) in [4.78, 5) is 0. The largest absolute Gasteiger partial charge is 1.00 e. The van der Waals surface area contributed by atoms with E-state index < -0.39 is 0 Å². The Hall–Kier alpha value is -1.45. The number of aliphatic hydroxyl groups is 1. The van der Waals surface area contributed by atoms with Crippen LogP contribution in [0.4, 0.5) is 0 Å². The molecule has 3 heteroatoms. The molecule has 92 valence electrons. The van der Waals surface area contributed by atoms with Crippen molar-refractivity contribution in [2.75, 3.05) is 6.61 Å². The lowest BCUT2D eigenvalue weighted by Crippen LogP contribution is -3.00. The average Bonchev–Trinajstić information content (AvgIpc) is 2.39. The van der Waals surface area contributed by atoms with Crippen molar-refractivity contribution in [1.82, 2.24) is 0 Å². The summed E-state index contributed by atoms with van der Waals surface area (Å²) in [6.07, 6.45) is 0. The zero-order chi connectivity index (χ0) is 11.7. The molecule has 1 heterocycles. The highest BCUT2D eigenvalue weighted by molar-refractivity contribution is 5.88. The van der Waals surface area contributed by atoms with E-state index in [2.05, 4.69) is 34.9 Å². The number of benzene rings is 2. The third kappa shape index (κ3) is 2.11. The van der Waals surface area contributed by atoms with E-state index in [1.54, 1.807) is 0 Å². The zero-order valence-electron chi connectivity index (χ0n) is 9.88. The maximum absolute atomic E-state index is 9.22. The van der Waals surface area contributed by atoms with E-state index in [4.69, 9.17) is 0 Å². The van der Waals surface area contributed by atoms with Gasteiger partial charge in [-0.2, -0.15) is 4.57 Å². The summed E-state index contributed by atoms with van der Waals surface area (Å²) < 4.78 is 2.17. The molecule has 2 aromatic carbocycles. The Morgan fingerprint density at radius 1 is 0.833 bits per heavy atom. The van der Waals surface area contributed by atoms with Gasteiger partial charge < -0.3 is 22.1 Å². The van der Waals surface area contributed by atoms with Gasteiger partial charge in [-0.15, -0.1) is 0 Å². The maximum atomic E-state index is 9.22. The second-order valence-electron chi connectivity index (χ2n) is 4.14. The summed E-state index contributed by atoms with van der Waals surface area (Å²) in [7, 11) is 0. The van der Waals surface area contributed by atoms with Crippen molar-refractivity contribution >= 4 is 21.8 Å². The fourth-order valence-corrected chi connectivity index (χ4v) is 2.35. The van der Waals surface area contributed by atoms with Crippen LogP contribution < -0.4 is 21.5 Å². The first-order valence-corrected chi connectivity index (χ1v) is 5.81. The van der Waals surface area contributed by atoms with Crippen molar-refractivity contribution in [2.45, 2.75) is 6.54 Å². The smallest absolute Gasteiger partial charge is 0.213 e. The van der Waals surface area contributed by atoms with E-state index in [0.717, 1.165) is 0 Å². The van der Waals surface area contributed by atoms with Crippen LogP contribution in [0.5, 0.6) is 0 Å². The fraction of sp³-hybridized carbons (Fsp3) is 0.133. The second kappa shape index (κ2) is 5.46. The first-order chi connectivity index (χ1) is 8.40. The Morgan fingerprint density at radius 2 is 1.33 bits per heavy atom. The molecule has 0 fully saturated rings.